The molecule has 1 atom stereocenters. The minimum absolute atomic E-state index is 0.104. The molecular weight excluding hydrogens is 449 g/mol. The second kappa shape index (κ2) is 8.98. The Labute approximate surface area is 193 Å². The Morgan fingerprint density at radius 3 is 2.71 bits per heavy atom. The number of Topliss-reactive ketones (excluding diaryl/α,β-unsaturated/α-hetero) is 1. The normalized spacial score (nSPS) is 14.3. The first-order valence-corrected chi connectivity index (χ1v) is 10.5. The largest absolute Gasteiger partial charge is 0.416 e. The number of benzene rings is 1. The highest BCUT2D eigenvalue weighted by Gasteiger charge is 2.32. The Morgan fingerprint density at radius 2 is 2.00 bits per heavy atom. The highest BCUT2D eigenvalue weighted by Crippen LogP contribution is 2.36. The molecule has 0 unspecified atom stereocenters. The summed E-state index contributed by atoms with van der Waals surface area (Å²) < 4.78 is 44.4. The number of anilines is 1. The fraction of sp³-hybridized carbons (Fsp3) is 0.348. The van der Waals surface area contributed by atoms with E-state index in [1.165, 1.54) is 12.4 Å². The Kier molecular flexibility index (Phi) is 6.22. The van der Waals surface area contributed by atoms with E-state index in [0.717, 1.165) is 12.1 Å². The zero-order valence-electron chi connectivity index (χ0n) is 18.8. The van der Waals surface area contributed by atoms with Crippen molar-refractivity contribution in [2.45, 2.75) is 38.4 Å². The number of alkyl halides is 3. The number of nitrogen functional groups attached to an aromatic ring is 1. The van der Waals surface area contributed by atoms with E-state index >= 15 is 0 Å². The van der Waals surface area contributed by atoms with Crippen molar-refractivity contribution in [1.82, 2.24) is 20.0 Å². The Morgan fingerprint density at radius 1 is 1.24 bits per heavy atom. The van der Waals surface area contributed by atoms with Gasteiger partial charge in [0.25, 0.3) is 0 Å². The molecule has 34 heavy (non-hydrogen) atoms. The summed E-state index contributed by atoms with van der Waals surface area (Å²) in [7, 11) is 3.71. The molecule has 0 amide bonds. The van der Waals surface area contributed by atoms with Gasteiger partial charge in [0.15, 0.2) is 5.78 Å². The molecule has 0 saturated carbocycles. The minimum atomic E-state index is -4.42. The summed E-state index contributed by atoms with van der Waals surface area (Å²) in [6, 6.07) is 5.14. The van der Waals surface area contributed by atoms with Crippen LogP contribution in [0.4, 0.5) is 24.7 Å². The van der Waals surface area contributed by atoms with Gasteiger partial charge in [-0.15, -0.1) is 0 Å². The summed E-state index contributed by atoms with van der Waals surface area (Å²) in [4.78, 5) is 27.4. The van der Waals surface area contributed by atoms with Crippen molar-refractivity contribution in [3.05, 3.63) is 64.4 Å². The van der Waals surface area contributed by atoms with E-state index in [1.54, 1.807) is 6.07 Å². The van der Waals surface area contributed by atoms with Crippen LogP contribution in [0.25, 0.3) is 0 Å². The van der Waals surface area contributed by atoms with Crippen LogP contribution in [0, 0.1) is 0 Å². The summed E-state index contributed by atoms with van der Waals surface area (Å²) >= 11 is 0. The Balaban J connectivity index is 1.48. The van der Waals surface area contributed by atoms with Gasteiger partial charge in [-0.05, 0) is 37.9 Å². The van der Waals surface area contributed by atoms with Crippen LogP contribution in [-0.4, -0.2) is 45.6 Å². The highest BCUT2D eigenvalue weighted by atomic mass is 19.4. The lowest BCUT2D eigenvalue weighted by Gasteiger charge is -2.15. The standard InChI is InChI=1S/C23H23F3N6O2/c1-12(6-19(33)21-15(10-32(2)3)22(27)29-11-28-21)20-9-18(31-34-20)17-8-13-7-14(23(24,25)26)4-5-16(13)30-17/h4-5,7,9,11-12H,6,8,10H2,1-3H3,(H2,27,28,29)/t12-/m0/s1. The second-order valence-corrected chi connectivity index (χ2v) is 8.54. The molecule has 3 heterocycles. The summed E-state index contributed by atoms with van der Waals surface area (Å²) in [5.74, 6) is 0.198. The van der Waals surface area contributed by atoms with Crippen LogP contribution in [0.2, 0.25) is 0 Å². The molecule has 0 bridgehead atoms. The number of halogens is 3. The first-order valence-electron chi connectivity index (χ1n) is 10.5. The van der Waals surface area contributed by atoms with E-state index in [4.69, 9.17) is 10.3 Å². The molecule has 4 rings (SSSR count). The van der Waals surface area contributed by atoms with Gasteiger partial charge in [0.1, 0.15) is 29.3 Å². The molecule has 3 aromatic rings. The lowest BCUT2D eigenvalue weighted by molar-refractivity contribution is -0.137. The van der Waals surface area contributed by atoms with Crippen molar-refractivity contribution in [1.29, 1.82) is 0 Å². The van der Waals surface area contributed by atoms with Crippen LogP contribution in [0.5, 0.6) is 0 Å². The lowest BCUT2D eigenvalue weighted by Crippen LogP contribution is -2.19. The third-order valence-electron chi connectivity index (χ3n) is 5.54. The third-order valence-corrected chi connectivity index (χ3v) is 5.54. The zero-order valence-corrected chi connectivity index (χ0v) is 18.8. The maximum Gasteiger partial charge on any atom is 0.416 e. The van der Waals surface area contributed by atoms with Crippen LogP contribution in [0.1, 0.15) is 57.9 Å². The van der Waals surface area contributed by atoms with Gasteiger partial charge in [0.05, 0.1) is 17.0 Å². The molecule has 1 aliphatic rings. The molecule has 1 aliphatic heterocycles. The number of fused-ring (bicyclic) bond motifs is 1. The van der Waals surface area contributed by atoms with Crippen LogP contribution >= 0.6 is 0 Å². The number of aromatic nitrogens is 3. The average molecular weight is 472 g/mol. The quantitative estimate of drug-likeness (QED) is 0.514. The molecule has 0 saturated heterocycles. The fourth-order valence-corrected chi connectivity index (χ4v) is 3.80. The van der Waals surface area contributed by atoms with Gasteiger partial charge < -0.3 is 15.2 Å². The smallest absolute Gasteiger partial charge is 0.383 e. The van der Waals surface area contributed by atoms with E-state index in [-0.39, 0.29) is 36.1 Å². The molecule has 178 valence electrons. The van der Waals surface area contributed by atoms with E-state index in [0.29, 0.717) is 40.5 Å². The summed E-state index contributed by atoms with van der Waals surface area (Å²) in [6.45, 7) is 2.24. The van der Waals surface area contributed by atoms with Gasteiger partial charge in [-0.25, -0.2) is 9.97 Å². The van der Waals surface area contributed by atoms with Gasteiger partial charge in [-0.2, -0.15) is 13.2 Å². The molecule has 11 heteroatoms. The van der Waals surface area contributed by atoms with Gasteiger partial charge in [-0.3, -0.25) is 9.79 Å². The molecule has 0 radical (unpaired) electrons. The third kappa shape index (κ3) is 4.84. The molecule has 0 fully saturated rings. The Bertz CT molecular complexity index is 1270. The van der Waals surface area contributed by atoms with Crippen LogP contribution in [0.15, 0.2) is 40.1 Å². The maximum atomic E-state index is 13.0. The Hall–Kier alpha value is -3.60. The van der Waals surface area contributed by atoms with Crippen molar-refractivity contribution >= 4 is 23.0 Å². The molecule has 0 spiro atoms. The van der Waals surface area contributed by atoms with Crippen LogP contribution < -0.4 is 5.73 Å². The first-order chi connectivity index (χ1) is 16.0. The SMILES string of the molecule is C[C@@H](CC(=O)c1ncnc(N)c1CN(C)C)c1cc(C2=Nc3ccc(C(F)(F)F)cc3C2)no1. The van der Waals surface area contributed by atoms with E-state index in [2.05, 4.69) is 20.1 Å². The number of hydrogen-bond donors (Lipinski definition) is 1. The van der Waals surface area contributed by atoms with Crippen molar-refractivity contribution in [2.24, 2.45) is 4.99 Å². The molecule has 8 nitrogen and oxygen atoms in total. The average Bonchev–Trinajstić information content (AvgIpc) is 3.40. The number of ketones is 1. The van der Waals surface area contributed by atoms with E-state index in [1.807, 2.05) is 25.9 Å². The first kappa shape index (κ1) is 23.6. The van der Waals surface area contributed by atoms with E-state index in [9.17, 15) is 18.0 Å². The molecule has 2 aromatic heterocycles. The predicted molar refractivity (Wildman–Crippen MR) is 119 cm³/mol. The van der Waals surface area contributed by atoms with Gasteiger partial charge in [0.2, 0.25) is 0 Å². The van der Waals surface area contributed by atoms with E-state index < -0.39 is 11.7 Å². The monoisotopic (exact) mass is 472 g/mol. The molecule has 1 aromatic carbocycles. The highest BCUT2D eigenvalue weighted by molar-refractivity contribution is 6.05. The number of hydrogen-bond acceptors (Lipinski definition) is 8. The van der Waals surface area contributed by atoms with Crippen LogP contribution in [0.3, 0.4) is 0 Å². The summed E-state index contributed by atoms with van der Waals surface area (Å²) in [5, 5.41) is 4.03. The van der Waals surface area contributed by atoms with Gasteiger partial charge in [-0.1, -0.05) is 12.1 Å². The predicted octanol–water partition coefficient (Wildman–Crippen LogP) is 4.18. The van der Waals surface area contributed by atoms with Gasteiger partial charge >= 0.3 is 6.18 Å². The lowest BCUT2D eigenvalue weighted by atomic mass is 9.97. The fourth-order valence-electron chi connectivity index (χ4n) is 3.80. The summed E-state index contributed by atoms with van der Waals surface area (Å²) in [6.07, 6.45) is -2.83. The number of carbonyl (C=O) groups is 1. The minimum Gasteiger partial charge on any atom is -0.383 e. The molecule has 0 aliphatic carbocycles. The number of nitrogens with zero attached hydrogens (tertiary/aromatic N) is 5. The number of nitrogens with two attached hydrogens (primary N) is 1. The summed E-state index contributed by atoms with van der Waals surface area (Å²) in [5.41, 5.74) is 7.98. The van der Waals surface area contributed by atoms with Crippen molar-refractivity contribution in [3.8, 4) is 0 Å². The molecular formula is C23H23F3N6O2. The van der Waals surface area contributed by atoms with Crippen molar-refractivity contribution in [2.75, 3.05) is 19.8 Å². The number of carbonyl (C=O) groups excluding carboxylic acids is 1. The second-order valence-electron chi connectivity index (χ2n) is 8.54. The topological polar surface area (TPSA) is 110 Å². The zero-order chi connectivity index (χ0) is 24.6. The van der Waals surface area contributed by atoms with Crippen molar-refractivity contribution in [3.63, 3.8) is 0 Å². The number of rotatable bonds is 7. The van der Waals surface area contributed by atoms with Gasteiger partial charge in [0, 0.05) is 36.9 Å². The van der Waals surface area contributed by atoms with Crippen molar-refractivity contribution < 1.29 is 22.5 Å². The maximum absolute atomic E-state index is 13.0. The number of aliphatic imine (C=N–C) groups is 1. The molecule has 2 N–H and O–H groups in total. The van der Waals surface area contributed by atoms with Crippen LogP contribution in [-0.2, 0) is 19.1 Å².